The van der Waals surface area contributed by atoms with E-state index in [0.717, 1.165) is 4.90 Å². The van der Waals surface area contributed by atoms with Crippen LogP contribution in [-0.2, 0) is 9.53 Å². The van der Waals surface area contributed by atoms with Crippen LogP contribution >= 0.6 is 0 Å². The van der Waals surface area contributed by atoms with Gasteiger partial charge in [-0.15, -0.1) is 0 Å². The van der Waals surface area contributed by atoms with Gasteiger partial charge in [0.15, 0.2) is 6.04 Å². The molecule has 0 bridgehead atoms. The van der Waals surface area contributed by atoms with Crippen molar-refractivity contribution in [2.24, 2.45) is 0 Å². The number of carboxylic acid groups (broad SMARTS) is 2. The van der Waals surface area contributed by atoms with Crippen molar-refractivity contribution < 1.29 is 24.5 Å². The molecule has 0 aromatic heterocycles. The van der Waals surface area contributed by atoms with Gasteiger partial charge in [-0.2, -0.15) is 0 Å². The van der Waals surface area contributed by atoms with Crippen LogP contribution in [0.1, 0.15) is 13.8 Å². The molecule has 1 aliphatic heterocycles. The predicted octanol–water partition coefficient (Wildman–Crippen LogP) is 0.186. The molecule has 74 valence electrons. The number of amides is 1. The van der Waals surface area contributed by atoms with Crippen molar-refractivity contribution >= 4 is 12.1 Å². The van der Waals surface area contributed by atoms with Crippen molar-refractivity contribution in [1.29, 1.82) is 0 Å². The summed E-state index contributed by atoms with van der Waals surface area (Å²) in [6.07, 6.45) is -1.28. The van der Waals surface area contributed by atoms with Crippen LogP contribution in [0.4, 0.5) is 4.79 Å². The topological polar surface area (TPSA) is 87.1 Å². The summed E-state index contributed by atoms with van der Waals surface area (Å²) < 4.78 is 5.05. The summed E-state index contributed by atoms with van der Waals surface area (Å²) in [4.78, 5) is 22.1. The number of rotatable bonds is 1. The third-order valence-electron chi connectivity index (χ3n) is 1.98. The molecule has 0 spiro atoms. The maximum absolute atomic E-state index is 10.7. The summed E-state index contributed by atoms with van der Waals surface area (Å²) in [5, 5.41) is 17.4. The zero-order chi connectivity index (χ0) is 10.2. The Morgan fingerprint density at radius 1 is 1.46 bits per heavy atom. The highest BCUT2D eigenvalue weighted by atomic mass is 16.5. The molecular formula is C7H11NO5. The number of carboxylic acids is 1. The Morgan fingerprint density at radius 3 is 2.31 bits per heavy atom. The van der Waals surface area contributed by atoms with Gasteiger partial charge < -0.3 is 14.9 Å². The monoisotopic (exact) mass is 189 g/mol. The van der Waals surface area contributed by atoms with Crippen molar-refractivity contribution in [2.75, 3.05) is 6.61 Å². The Kier molecular flexibility index (Phi) is 2.17. The van der Waals surface area contributed by atoms with Crippen LogP contribution in [0.15, 0.2) is 0 Å². The van der Waals surface area contributed by atoms with Crippen molar-refractivity contribution in [1.82, 2.24) is 4.90 Å². The van der Waals surface area contributed by atoms with Crippen molar-refractivity contribution in [3.8, 4) is 0 Å². The number of hydrogen-bond donors (Lipinski definition) is 2. The second-order valence-electron chi connectivity index (χ2n) is 3.26. The van der Waals surface area contributed by atoms with Gasteiger partial charge in [0.1, 0.15) is 5.72 Å². The van der Waals surface area contributed by atoms with E-state index in [1.807, 2.05) is 0 Å². The van der Waals surface area contributed by atoms with E-state index in [1.165, 1.54) is 13.8 Å². The van der Waals surface area contributed by atoms with Crippen LogP contribution in [0.3, 0.4) is 0 Å². The van der Waals surface area contributed by atoms with Gasteiger partial charge in [-0.05, 0) is 13.8 Å². The standard InChI is InChI=1S/C7H11NO5/c1-7(2)8(6(11)12)4(3-13-7)5(9)10/h4H,3H2,1-2H3,(H,9,10)(H,11,12). The molecule has 13 heavy (non-hydrogen) atoms. The Balaban J connectivity index is 2.92. The summed E-state index contributed by atoms with van der Waals surface area (Å²) >= 11 is 0. The molecule has 1 rings (SSSR count). The number of aliphatic carboxylic acids is 1. The number of hydrogen-bond acceptors (Lipinski definition) is 3. The van der Waals surface area contributed by atoms with Gasteiger partial charge in [0.25, 0.3) is 0 Å². The molecule has 1 saturated heterocycles. The molecule has 1 amide bonds. The van der Waals surface area contributed by atoms with Crippen LogP contribution in [0, 0.1) is 0 Å². The quantitative estimate of drug-likeness (QED) is 0.614. The molecule has 0 radical (unpaired) electrons. The van der Waals surface area contributed by atoms with E-state index in [0.29, 0.717) is 0 Å². The molecule has 6 heteroatoms. The lowest BCUT2D eigenvalue weighted by atomic mass is 10.2. The Morgan fingerprint density at radius 2 is 2.00 bits per heavy atom. The summed E-state index contributed by atoms with van der Waals surface area (Å²) in [6, 6.07) is -1.10. The molecule has 1 unspecified atom stereocenters. The van der Waals surface area contributed by atoms with E-state index in [1.54, 1.807) is 0 Å². The van der Waals surface area contributed by atoms with E-state index in [4.69, 9.17) is 14.9 Å². The average molecular weight is 189 g/mol. The molecular weight excluding hydrogens is 178 g/mol. The Labute approximate surface area is 74.7 Å². The Hall–Kier alpha value is -1.30. The maximum Gasteiger partial charge on any atom is 0.410 e. The molecule has 0 aromatic carbocycles. The Bertz CT molecular complexity index is 249. The van der Waals surface area contributed by atoms with Crippen molar-refractivity contribution in [3.05, 3.63) is 0 Å². The van der Waals surface area contributed by atoms with Gasteiger partial charge in [0, 0.05) is 0 Å². The normalized spacial score (nSPS) is 26.0. The maximum atomic E-state index is 10.7. The first kappa shape index (κ1) is 9.79. The van der Waals surface area contributed by atoms with Gasteiger partial charge in [-0.1, -0.05) is 0 Å². The average Bonchev–Trinajstić information content (AvgIpc) is 2.24. The number of nitrogens with zero attached hydrogens (tertiary/aromatic N) is 1. The second-order valence-corrected chi connectivity index (χ2v) is 3.26. The molecule has 2 N–H and O–H groups in total. The molecule has 0 aromatic rings. The largest absolute Gasteiger partial charge is 0.480 e. The predicted molar refractivity (Wildman–Crippen MR) is 41.3 cm³/mol. The minimum atomic E-state index is -1.28. The van der Waals surface area contributed by atoms with Gasteiger partial charge in [0.05, 0.1) is 6.61 Å². The summed E-state index contributed by atoms with van der Waals surface area (Å²) in [5.74, 6) is -1.19. The number of ether oxygens (including phenoxy) is 1. The zero-order valence-corrected chi connectivity index (χ0v) is 7.35. The minimum Gasteiger partial charge on any atom is -0.480 e. The first-order valence-corrected chi connectivity index (χ1v) is 3.75. The SMILES string of the molecule is CC1(C)OCC(C(=O)O)N1C(=O)O. The first-order chi connectivity index (χ1) is 5.86. The van der Waals surface area contributed by atoms with Gasteiger partial charge >= 0.3 is 12.1 Å². The molecule has 0 saturated carbocycles. The van der Waals surface area contributed by atoms with E-state index >= 15 is 0 Å². The van der Waals surface area contributed by atoms with Crippen LogP contribution < -0.4 is 0 Å². The summed E-state index contributed by atoms with van der Waals surface area (Å²) in [6.45, 7) is 2.93. The zero-order valence-electron chi connectivity index (χ0n) is 7.35. The molecule has 1 heterocycles. The lowest BCUT2D eigenvalue weighted by molar-refractivity contribution is -0.142. The van der Waals surface area contributed by atoms with Crippen molar-refractivity contribution in [2.45, 2.75) is 25.6 Å². The van der Waals surface area contributed by atoms with Gasteiger partial charge in [-0.25, -0.2) is 9.59 Å². The van der Waals surface area contributed by atoms with Crippen molar-refractivity contribution in [3.63, 3.8) is 0 Å². The third kappa shape index (κ3) is 1.57. The van der Waals surface area contributed by atoms with Gasteiger partial charge in [-0.3, -0.25) is 4.90 Å². The lowest BCUT2D eigenvalue weighted by Gasteiger charge is -2.29. The minimum absolute atomic E-state index is 0.103. The summed E-state index contributed by atoms with van der Waals surface area (Å²) in [5.41, 5.74) is -1.06. The molecule has 1 aliphatic rings. The number of carbonyl (C=O) groups is 2. The highest BCUT2D eigenvalue weighted by molar-refractivity contribution is 5.80. The van der Waals surface area contributed by atoms with E-state index in [9.17, 15) is 9.59 Å². The van der Waals surface area contributed by atoms with Gasteiger partial charge in [0.2, 0.25) is 0 Å². The summed E-state index contributed by atoms with van der Waals surface area (Å²) in [7, 11) is 0. The van der Waals surface area contributed by atoms with Crippen LogP contribution in [0.2, 0.25) is 0 Å². The molecule has 1 atom stereocenters. The molecule has 6 nitrogen and oxygen atoms in total. The van der Waals surface area contributed by atoms with E-state index in [2.05, 4.69) is 0 Å². The lowest BCUT2D eigenvalue weighted by Crippen LogP contribution is -2.49. The van der Waals surface area contributed by atoms with E-state index in [-0.39, 0.29) is 6.61 Å². The highest BCUT2D eigenvalue weighted by Gasteiger charge is 2.47. The first-order valence-electron chi connectivity index (χ1n) is 3.75. The fraction of sp³-hybridized carbons (Fsp3) is 0.714. The van der Waals surface area contributed by atoms with Crippen LogP contribution in [0.25, 0.3) is 0 Å². The fourth-order valence-corrected chi connectivity index (χ4v) is 1.35. The van der Waals surface area contributed by atoms with Crippen LogP contribution in [-0.4, -0.2) is 45.5 Å². The highest BCUT2D eigenvalue weighted by Crippen LogP contribution is 2.27. The third-order valence-corrected chi connectivity index (χ3v) is 1.98. The smallest absolute Gasteiger partial charge is 0.410 e. The molecule has 1 fully saturated rings. The van der Waals surface area contributed by atoms with Crippen LogP contribution in [0.5, 0.6) is 0 Å². The fourth-order valence-electron chi connectivity index (χ4n) is 1.35. The second kappa shape index (κ2) is 2.88. The van der Waals surface area contributed by atoms with E-state index < -0.39 is 23.8 Å². The molecule has 0 aliphatic carbocycles.